The van der Waals surface area contributed by atoms with Crippen LogP contribution in [0.4, 0.5) is 0 Å². The lowest BCUT2D eigenvalue weighted by atomic mass is 9.86. The van der Waals surface area contributed by atoms with E-state index in [2.05, 4.69) is 15.9 Å². The maximum Gasteiger partial charge on any atom is 0.0720 e. The second-order valence-corrected chi connectivity index (χ2v) is 13.2. The van der Waals surface area contributed by atoms with Crippen LogP contribution >= 0.6 is 0 Å². The van der Waals surface area contributed by atoms with Crippen LogP contribution in [0.25, 0.3) is 11.1 Å². The molecule has 234 valence electrons. The van der Waals surface area contributed by atoms with Crippen LogP contribution in [0.1, 0.15) is 133 Å². The summed E-state index contributed by atoms with van der Waals surface area (Å²) in [6.07, 6.45) is 18.8. The van der Waals surface area contributed by atoms with Crippen molar-refractivity contribution < 1.29 is 19.8 Å². The van der Waals surface area contributed by atoms with Crippen molar-refractivity contribution in [1.29, 1.82) is 0 Å². The standard InChI is InChI=1S/C37H52N2O4/c40-36(41)29-17-18-31-30(25-29)27-34-32(16-8-2-4-10-20-39-23-13-6-14-24-39)35(37(42)43)28(26-33(31)34)15-7-1-3-9-19-38-21-11-5-12-22-38/h17-18,25-26H,1-16,19-24,27H2,(H,40,41)(H,42,43)/p-2. The molecule has 0 aromatic heterocycles. The molecule has 6 heteroatoms. The number of rotatable bonds is 16. The summed E-state index contributed by atoms with van der Waals surface area (Å²) in [7, 11) is 0. The Morgan fingerprint density at radius 1 is 0.628 bits per heavy atom. The molecule has 2 aliphatic heterocycles. The fourth-order valence-electron chi connectivity index (χ4n) is 7.69. The summed E-state index contributed by atoms with van der Waals surface area (Å²) in [5.41, 5.74) is 6.45. The van der Waals surface area contributed by atoms with Gasteiger partial charge >= 0.3 is 0 Å². The molecule has 43 heavy (non-hydrogen) atoms. The molecule has 1 aliphatic carbocycles. The summed E-state index contributed by atoms with van der Waals surface area (Å²) in [6.45, 7) is 7.27. The topological polar surface area (TPSA) is 86.7 Å². The SMILES string of the molecule is O=C([O-])c1ccc2c(c1)Cc1c-2cc(CCCCCCN2CCCCC2)c(C(=O)[O-])c1CCCCCCN1CCCCC1. The van der Waals surface area contributed by atoms with Crippen molar-refractivity contribution in [1.82, 2.24) is 9.80 Å². The van der Waals surface area contributed by atoms with Crippen LogP contribution in [0.2, 0.25) is 0 Å². The molecule has 0 atom stereocenters. The molecule has 0 spiro atoms. The normalized spacial score (nSPS) is 17.1. The number of unbranched alkanes of at least 4 members (excludes halogenated alkanes) is 6. The first-order valence-corrected chi connectivity index (χ1v) is 17.2. The van der Waals surface area contributed by atoms with Gasteiger partial charge in [-0.25, -0.2) is 0 Å². The number of carboxylic acid groups (broad SMARTS) is 2. The molecule has 0 saturated carbocycles. The lowest BCUT2D eigenvalue weighted by molar-refractivity contribution is -0.256. The molecular weight excluding hydrogens is 536 g/mol. The highest BCUT2D eigenvalue weighted by molar-refractivity contribution is 5.94. The van der Waals surface area contributed by atoms with Crippen LogP contribution in [-0.4, -0.2) is 61.0 Å². The van der Waals surface area contributed by atoms with E-state index in [1.165, 1.54) is 97.1 Å². The van der Waals surface area contributed by atoms with Gasteiger partial charge in [0, 0.05) is 5.56 Å². The van der Waals surface area contributed by atoms with Crippen molar-refractivity contribution in [2.75, 3.05) is 39.3 Å². The minimum Gasteiger partial charge on any atom is -0.545 e. The van der Waals surface area contributed by atoms with Crippen molar-refractivity contribution in [3.05, 3.63) is 57.6 Å². The van der Waals surface area contributed by atoms with Crippen LogP contribution in [0, 0.1) is 0 Å². The number of hydrogen-bond acceptors (Lipinski definition) is 6. The van der Waals surface area contributed by atoms with Gasteiger partial charge in [-0.05, 0) is 155 Å². The van der Waals surface area contributed by atoms with Crippen LogP contribution in [-0.2, 0) is 19.3 Å². The number of nitrogens with zero attached hydrogens (tertiary/aromatic N) is 2. The second-order valence-electron chi connectivity index (χ2n) is 13.2. The summed E-state index contributed by atoms with van der Waals surface area (Å²) in [5.74, 6) is -2.26. The largest absolute Gasteiger partial charge is 0.545 e. The number of aryl methyl sites for hydroxylation is 1. The van der Waals surface area contributed by atoms with Crippen molar-refractivity contribution in [3.63, 3.8) is 0 Å². The van der Waals surface area contributed by atoms with E-state index in [1.54, 1.807) is 12.1 Å². The zero-order valence-electron chi connectivity index (χ0n) is 26.1. The van der Waals surface area contributed by atoms with E-state index in [-0.39, 0.29) is 5.56 Å². The predicted octanol–water partition coefficient (Wildman–Crippen LogP) is 5.16. The van der Waals surface area contributed by atoms with E-state index in [9.17, 15) is 19.8 Å². The van der Waals surface area contributed by atoms with Gasteiger partial charge in [0.2, 0.25) is 0 Å². The molecule has 6 nitrogen and oxygen atoms in total. The Balaban J connectivity index is 1.25. The number of carboxylic acids is 2. The summed E-state index contributed by atoms with van der Waals surface area (Å²) >= 11 is 0. The zero-order chi connectivity index (χ0) is 30.0. The molecule has 0 radical (unpaired) electrons. The summed E-state index contributed by atoms with van der Waals surface area (Å²) in [5, 5.41) is 24.2. The third kappa shape index (κ3) is 8.48. The number of benzene rings is 2. The number of likely N-dealkylation sites (tertiary alicyclic amines) is 2. The Morgan fingerprint density at radius 2 is 1.21 bits per heavy atom. The third-order valence-corrected chi connectivity index (χ3v) is 10.1. The average Bonchev–Trinajstić information content (AvgIpc) is 3.39. The number of hydrogen-bond donors (Lipinski definition) is 0. The smallest absolute Gasteiger partial charge is 0.0720 e. The highest BCUT2D eigenvalue weighted by atomic mass is 16.4. The Kier molecular flexibility index (Phi) is 11.7. The Bertz CT molecular complexity index is 1240. The Labute approximate surface area is 258 Å². The van der Waals surface area contributed by atoms with Gasteiger partial charge < -0.3 is 29.6 Å². The molecule has 2 fully saturated rings. The van der Waals surface area contributed by atoms with E-state index < -0.39 is 11.9 Å². The van der Waals surface area contributed by atoms with Gasteiger partial charge in [0.15, 0.2) is 0 Å². The van der Waals surface area contributed by atoms with E-state index in [1.807, 2.05) is 6.07 Å². The summed E-state index contributed by atoms with van der Waals surface area (Å²) in [6, 6.07) is 7.26. The first-order valence-electron chi connectivity index (χ1n) is 17.2. The van der Waals surface area contributed by atoms with Gasteiger partial charge in [0.05, 0.1) is 11.9 Å². The van der Waals surface area contributed by atoms with Gasteiger partial charge in [-0.1, -0.05) is 56.7 Å². The number of fused-ring (bicyclic) bond motifs is 3. The molecular formula is C37H50N2O4-2. The Morgan fingerprint density at radius 3 is 1.79 bits per heavy atom. The fourth-order valence-corrected chi connectivity index (χ4v) is 7.69. The molecule has 0 unspecified atom stereocenters. The number of carbonyl (C=O) groups is 2. The number of carbonyl (C=O) groups excluding carboxylic acids is 2. The highest BCUT2D eigenvalue weighted by Crippen LogP contribution is 2.42. The van der Waals surface area contributed by atoms with Gasteiger partial charge in [-0.2, -0.15) is 0 Å². The first-order chi connectivity index (χ1) is 21.0. The highest BCUT2D eigenvalue weighted by Gasteiger charge is 2.26. The van der Waals surface area contributed by atoms with E-state index in [4.69, 9.17) is 0 Å². The minimum atomic E-state index is -1.18. The third-order valence-electron chi connectivity index (χ3n) is 10.1. The zero-order valence-corrected chi connectivity index (χ0v) is 26.1. The molecule has 2 aromatic carbocycles. The molecule has 0 N–H and O–H groups in total. The van der Waals surface area contributed by atoms with Gasteiger partial charge in [-0.3, -0.25) is 0 Å². The van der Waals surface area contributed by atoms with E-state index in [0.29, 0.717) is 12.0 Å². The predicted molar refractivity (Wildman–Crippen MR) is 168 cm³/mol. The lowest BCUT2D eigenvalue weighted by Gasteiger charge is -2.26. The van der Waals surface area contributed by atoms with Crippen molar-refractivity contribution in [2.45, 2.75) is 109 Å². The maximum atomic E-state index is 12.7. The number of aromatic carboxylic acids is 2. The van der Waals surface area contributed by atoms with E-state index in [0.717, 1.165) is 78.3 Å². The summed E-state index contributed by atoms with van der Waals surface area (Å²) < 4.78 is 0. The van der Waals surface area contributed by atoms with Gasteiger partial charge in [-0.15, -0.1) is 0 Å². The van der Waals surface area contributed by atoms with Crippen molar-refractivity contribution >= 4 is 11.9 Å². The van der Waals surface area contributed by atoms with Crippen LogP contribution < -0.4 is 10.2 Å². The molecule has 0 amide bonds. The average molecular weight is 587 g/mol. The van der Waals surface area contributed by atoms with Crippen molar-refractivity contribution in [2.24, 2.45) is 0 Å². The second kappa shape index (κ2) is 15.9. The minimum absolute atomic E-state index is 0.173. The van der Waals surface area contributed by atoms with Crippen LogP contribution in [0.15, 0.2) is 24.3 Å². The first kappa shape index (κ1) is 31.7. The molecule has 2 saturated heterocycles. The summed E-state index contributed by atoms with van der Waals surface area (Å²) in [4.78, 5) is 29.4. The Hall–Kier alpha value is -2.70. The fraction of sp³-hybridized carbons (Fsp3) is 0.622. The van der Waals surface area contributed by atoms with Crippen LogP contribution in [0.5, 0.6) is 0 Å². The molecule has 5 rings (SSSR count). The molecule has 0 bridgehead atoms. The molecule has 2 heterocycles. The quantitative estimate of drug-likeness (QED) is 0.216. The van der Waals surface area contributed by atoms with Crippen molar-refractivity contribution in [3.8, 4) is 11.1 Å². The monoisotopic (exact) mass is 586 g/mol. The number of piperidine rings is 2. The van der Waals surface area contributed by atoms with Gasteiger partial charge in [0.25, 0.3) is 0 Å². The molecule has 3 aliphatic rings. The van der Waals surface area contributed by atoms with Crippen LogP contribution in [0.3, 0.4) is 0 Å². The van der Waals surface area contributed by atoms with Gasteiger partial charge in [0.1, 0.15) is 0 Å². The van der Waals surface area contributed by atoms with E-state index >= 15 is 0 Å². The maximum absolute atomic E-state index is 12.7. The lowest BCUT2D eigenvalue weighted by Crippen LogP contribution is -2.30. The molecule has 2 aromatic rings.